The van der Waals surface area contributed by atoms with Crippen LogP contribution in [0.3, 0.4) is 0 Å². The predicted octanol–water partition coefficient (Wildman–Crippen LogP) is 4.85. The van der Waals surface area contributed by atoms with Gasteiger partial charge in [0.25, 0.3) is 0 Å². The Balaban J connectivity index is 1.61. The van der Waals surface area contributed by atoms with Crippen LogP contribution in [0.15, 0.2) is 63.0 Å². The zero-order valence-corrected chi connectivity index (χ0v) is 21.7. The zero-order chi connectivity index (χ0) is 24.3. The van der Waals surface area contributed by atoms with Crippen molar-refractivity contribution in [1.82, 2.24) is 10.2 Å². The predicted molar refractivity (Wildman–Crippen MR) is 136 cm³/mol. The minimum Gasteiger partial charge on any atom is -0.461 e. The van der Waals surface area contributed by atoms with Crippen LogP contribution in [-0.4, -0.2) is 45.2 Å². The van der Waals surface area contributed by atoms with Crippen LogP contribution in [0.25, 0.3) is 0 Å². The Labute approximate surface area is 210 Å². The SMILES string of the molecule is CC1=C(C(=O)OCCN(C)Cc2ccsc2)C(c2ccccc2Cl)C2=C(CCCCS2(=O)=O)N1. The number of thiophene rings is 1. The lowest BCUT2D eigenvalue weighted by Crippen LogP contribution is -2.33. The summed E-state index contributed by atoms with van der Waals surface area (Å²) in [6.45, 7) is 3.32. The van der Waals surface area contributed by atoms with Crippen molar-refractivity contribution in [3.8, 4) is 0 Å². The van der Waals surface area contributed by atoms with Crippen LogP contribution in [0.2, 0.25) is 5.02 Å². The summed E-state index contributed by atoms with van der Waals surface area (Å²) in [4.78, 5) is 15.7. The first-order valence-corrected chi connectivity index (χ1v) is 14.3. The van der Waals surface area contributed by atoms with Gasteiger partial charge in [-0.25, -0.2) is 13.2 Å². The van der Waals surface area contributed by atoms with Crippen molar-refractivity contribution in [3.63, 3.8) is 0 Å². The first-order valence-electron chi connectivity index (χ1n) is 11.3. The van der Waals surface area contributed by atoms with Gasteiger partial charge in [0.05, 0.1) is 22.1 Å². The molecule has 0 saturated heterocycles. The maximum atomic E-state index is 13.4. The monoisotopic (exact) mass is 520 g/mol. The normalized spacial score (nSPS) is 20.1. The topological polar surface area (TPSA) is 75.7 Å². The molecule has 0 amide bonds. The van der Waals surface area contributed by atoms with Gasteiger partial charge < -0.3 is 10.1 Å². The second-order valence-corrected chi connectivity index (χ2v) is 12.0. The largest absolute Gasteiger partial charge is 0.461 e. The highest BCUT2D eigenvalue weighted by Crippen LogP contribution is 2.45. The number of allylic oxidation sites excluding steroid dienone is 3. The fraction of sp³-hybridized carbons (Fsp3) is 0.400. The molecule has 4 rings (SSSR count). The quantitative estimate of drug-likeness (QED) is 0.526. The Kier molecular flexibility index (Phi) is 7.82. The maximum absolute atomic E-state index is 13.4. The van der Waals surface area contributed by atoms with E-state index in [-0.39, 0.29) is 17.3 Å². The summed E-state index contributed by atoms with van der Waals surface area (Å²) >= 11 is 8.19. The number of hydrogen-bond donors (Lipinski definition) is 1. The molecule has 3 heterocycles. The smallest absolute Gasteiger partial charge is 0.336 e. The van der Waals surface area contributed by atoms with Crippen molar-refractivity contribution < 1.29 is 17.9 Å². The van der Waals surface area contributed by atoms with Crippen LogP contribution in [0, 0.1) is 0 Å². The Hall–Kier alpha value is -2.13. The van der Waals surface area contributed by atoms with Crippen LogP contribution in [-0.2, 0) is 25.9 Å². The Morgan fingerprint density at radius 3 is 2.79 bits per heavy atom. The van der Waals surface area contributed by atoms with Crippen molar-refractivity contribution in [2.24, 2.45) is 0 Å². The van der Waals surface area contributed by atoms with Gasteiger partial charge in [-0.1, -0.05) is 29.8 Å². The fourth-order valence-corrected chi connectivity index (χ4v) is 7.40. The van der Waals surface area contributed by atoms with Gasteiger partial charge in [0.15, 0.2) is 9.84 Å². The van der Waals surface area contributed by atoms with Gasteiger partial charge in [0.1, 0.15) is 6.61 Å². The molecule has 1 unspecified atom stereocenters. The number of hydrogen-bond acceptors (Lipinski definition) is 7. The summed E-state index contributed by atoms with van der Waals surface area (Å²) in [6.07, 6.45) is 1.97. The number of benzene rings is 1. The van der Waals surface area contributed by atoms with Crippen LogP contribution in [0.5, 0.6) is 0 Å². The number of likely N-dealkylation sites (N-methyl/N-ethyl adjacent to an activating group) is 1. The molecule has 1 atom stereocenters. The third kappa shape index (κ3) is 5.40. The number of nitrogens with zero attached hydrogens (tertiary/aromatic N) is 1. The molecule has 6 nitrogen and oxygen atoms in total. The first kappa shape index (κ1) is 25.0. The number of sulfone groups is 1. The highest BCUT2D eigenvalue weighted by molar-refractivity contribution is 7.95. The number of carbonyl (C=O) groups excluding carboxylic acids is 1. The Morgan fingerprint density at radius 1 is 1.26 bits per heavy atom. The van der Waals surface area contributed by atoms with Gasteiger partial charge in [-0.15, -0.1) is 0 Å². The molecule has 0 radical (unpaired) electrons. The van der Waals surface area contributed by atoms with E-state index in [4.69, 9.17) is 16.3 Å². The lowest BCUT2D eigenvalue weighted by Gasteiger charge is -2.32. The highest BCUT2D eigenvalue weighted by Gasteiger charge is 2.42. The van der Waals surface area contributed by atoms with Crippen molar-refractivity contribution in [3.05, 3.63) is 79.1 Å². The summed E-state index contributed by atoms with van der Waals surface area (Å²) < 4.78 is 32.4. The number of halogens is 1. The van der Waals surface area contributed by atoms with Gasteiger partial charge in [-0.3, -0.25) is 4.90 Å². The van der Waals surface area contributed by atoms with Crippen molar-refractivity contribution in [1.29, 1.82) is 0 Å². The van der Waals surface area contributed by atoms with E-state index in [9.17, 15) is 13.2 Å². The van der Waals surface area contributed by atoms with Crippen molar-refractivity contribution in [2.45, 2.75) is 38.6 Å². The van der Waals surface area contributed by atoms with Gasteiger partial charge in [0, 0.05) is 29.5 Å². The average Bonchev–Trinajstić information content (AvgIpc) is 3.23. The van der Waals surface area contributed by atoms with Crippen LogP contribution in [0.1, 0.15) is 43.2 Å². The summed E-state index contributed by atoms with van der Waals surface area (Å²) in [5, 5.41) is 7.78. The molecular weight excluding hydrogens is 492 g/mol. The number of nitrogens with one attached hydrogen (secondary N) is 1. The highest BCUT2D eigenvalue weighted by atomic mass is 35.5. The van der Waals surface area contributed by atoms with Gasteiger partial charge >= 0.3 is 5.97 Å². The second kappa shape index (κ2) is 10.6. The van der Waals surface area contributed by atoms with E-state index in [2.05, 4.69) is 21.7 Å². The lowest BCUT2D eigenvalue weighted by molar-refractivity contribution is -0.139. The molecule has 1 N–H and O–H groups in total. The standard InChI is InChI=1S/C25H29ClN2O4S2/c1-17-22(25(29)32-12-11-28(2)15-18-10-13-33-16-18)23(19-7-3-4-8-20(19)26)24-21(27-17)9-5-6-14-34(24,30)31/h3-4,7-8,10,13,16,23,27H,5-6,9,11-12,14-15H2,1-2H3. The molecule has 0 aliphatic carbocycles. The molecule has 182 valence electrons. The number of ether oxygens (including phenoxy) is 1. The van der Waals surface area contributed by atoms with Crippen molar-refractivity contribution >= 4 is 38.7 Å². The van der Waals surface area contributed by atoms with Crippen LogP contribution >= 0.6 is 22.9 Å². The number of dihydropyridines is 1. The minimum absolute atomic E-state index is 0.0587. The second-order valence-electron chi connectivity index (χ2n) is 8.74. The Morgan fingerprint density at radius 2 is 2.06 bits per heavy atom. The summed E-state index contributed by atoms with van der Waals surface area (Å²) in [5.74, 6) is -1.25. The molecule has 0 bridgehead atoms. The number of rotatable bonds is 7. The van der Waals surface area contributed by atoms with E-state index < -0.39 is 21.7 Å². The van der Waals surface area contributed by atoms with E-state index in [0.29, 0.717) is 46.9 Å². The molecule has 0 saturated carbocycles. The summed E-state index contributed by atoms with van der Waals surface area (Å²) in [5.41, 5.74) is 3.39. The van der Waals surface area contributed by atoms with Crippen LogP contribution in [0.4, 0.5) is 0 Å². The van der Waals surface area contributed by atoms with E-state index in [1.165, 1.54) is 5.56 Å². The van der Waals surface area contributed by atoms with E-state index in [0.717, 1.165) is 13.0 Å². The summed E-state index contributed by atoms with van der Waals surface area (Å²) in [7, 11) is -1.61. The maximum Gasteiger partial charge on any atom is 0.336 e. The molecule has 2 aromatic rings. The first-order chi connectivity index (χ1) is 16.3. The zero-order valence-electron chi connectivity index (χ0n) is 19.3. The lowest BCUT2D eigenvalue weighted by atomic mass is 9.85. The molecule has 0 spiro atoms. The fourth-order valence-electron chi connectivity index (χ4n) is 4.56. The molecule has 1 aromatic heterocycles. The molecule has 0 fully saturated rings. The number of esters is 1. The van der Waals surface area contributed by atoms with E-state index in [1.54, 1.807) is 36.5 Å². The number of carbonyl (C=O) groups is 1. The van der Waals surface area contributed by atoms with Gasteiger partial charge in [-0.05, 0) is 67.3 Å². The third-order valence-electron chi connectivity index (χ3n) is 6.19. The molecule has 2 aliphatic rings. The molecule has 34 heavy (non-hydrogen) atoms. The third-order valence-corrected chi connectivity index (χ3v) is 9.25. The van der Waals surface area contributed by atoms with Crippen LogP contribution < -0.4 is 5.32 Å². The molecule has 9 heteroatoms. The molecular formula is C25H29ClN2O4S2. The molecule has 1 aromatic carbocycles. The summed E-state index contributed by atoms with van der Waals surface area (Å²) in [6, 6.07) is 9.19. The van der Waals surface area contributed by atoms with E-state index >= 15 is 0 Å². The Bertz CT molecular complexity index is 1220. The minimum atomic E-state index is -3.58. The van der Waals surface area contributed by atoms with Gasteiger partial charge in [-0.2, -0.15) is 11.3 Å². The van der Waals surface area contributed by atoms with Gasteiger partial charge in [0.2, 0.25) is 0 Å². The van der Waals surface area contributed by atoms with E-state index in [1.807, 2.05) is 18.5 Å². The molecule has 2 aliphatic heterocycles. The average molecular weight is 521 g/mol. The van der Waals surface area contributed by atoms with Crippen molar-refractivity contribution in [2.75, 3.05) is 26.0 Å².